The molecule has 0 N–H and O–H groups in total. The van der Waals surface area contributed by atoms with Crippen LogP contribution in [0.2, 0.25) is 0 Å². The van der Waals surface area contributed by atoms with E-state index in [2.05, 4.69) is 13.2 Å². The lowest BCUT2D eigenvalue weighted by molar-refractivity contribution is -0.113. The van der Waals surface area contributed by atoms with Crippen molar-refractivity contribution in [1.82, 2.24) is 0 Å². The summed E-state index contributed by atoms with van der Waals surface area (Å²) < 4.78 is 0. The van der Waals surface area contributed by atoms with E-state index in [1.807, 2.05) is 13.8 Å². The Kier molecular flexibility index (Phi) is 8.98. The summed E-state index contributed by atoms with van der Waals surface area (Å²) in [6.07, 6.45) is 3.26. The summed E-state index contributed by atoms with van der Waals surface area (Å²) in [5.74, 6) is 0.0346. The van der Waals surface area contributed by atoms with Gasteiger partial charge >= 0.3 is 0 Å². The van der Waals surface area contributed by atoms with E-state index in [-0.39, 0.29) is 5.78 Å². The minimum atomic E-state index is 0.0346. The molecular formula is C11H18O. The maximum Gasteiger partial charge on any atom is 0.160 e. The number of allylic oxidation sites excluding steroid dienone is 4. The van der Waals surface area contributed by atoms with Crippen LogP contribution in [-0.2, 0) is 4.79 Å². The third-order valence-corrected chi connectivity index (χ3v) is 1.12. The fourth-order valence-corrected chi connectivity index (χ4v) is 0.678. The van der Waals surface area contributed by atoms with Gasteiger partial charge in [-0.25, -0.2) is 0 Å². The van der Waals surface area contributed by atoms with Gasteiger partial charge in [0.05, 0.1) is 0 Å². The highest BCUT2D eigenvalue weighted by molar-refractivity contribution is 5.97. The van der Waals surface area contributed by atoms with Crippen LogP contribution in [0.25, 0.3) is 0 Å². The molecule has 0 aliphatic rings. The lowest BCUT2D eigenvalue weighted by Crippen LogP contribution is -1.96. The number of hydrogen-bond acceptors (Lipinski definition) is 1. The zero-order valence-electron chi connectivity index (χ0n) is 8.48. The molecule has 0 heterocycles. The van der Waals surface area contributed by atoms with E-state index >= 15 is 0 Å². The van der Waals surface area contributed by atoms with Crippen LogP contribution < -0.4 is 0 Å². The summed E-state index contributed by atoms with van der Waals surface area (Å²) in [6, 6.07) is 0. The zero-order chi connectivity index (χ0) is 10.1. The first-order valence-electron chi connectivity index (χ1n) is 4.09. The highest BCUT2D eigenvalue weighted by Crippen LogP contribution is 2.07. The average Bonchev–Trinajstić information content (AvgIpc) is 2.03. The highest BCUT2D eigenvalue weighted by Gasteiger charge is 2.00. The Morgan fingerprint density at radius 1 is 1.25 bits per heavy atom. The molecule has 0 aliphatic heterocycles. The Labute approximate surface area is 75.5 Å². The molecule has 0 rings (SSSR count). The van der Waals surface area contributed by atoms with Crippen molar-refractivity contribution in [1.29, 1.82) is 0 Å². The molecule has 0 aliphatic carbocycles. The second-order valence-electron chi connectivity index (χ2n) is 2.15. The maximum absolute atomic E-state index is 10.8. The molecule has 0 saturated heterocycles. The average molecular weight is 166 g/mol. The van der Waals surface area contributed by atoms with Crippen molar-refractivity contribution in [3.63, 3.8) is 0 Å². The van der Waals surface area contributed by atoms with Crippen LogP contribution in [0.5, 0.6) is 0 Å². The van der Waals surface area contributed by atoms with Crippen molar-refractivity contribution >= 4 is 5.78 Å². The summed E-state index contributed by atoms with van der Waals surface area (Å²) >= 11 is 0. The predicted octanol–water partition coefficient (Wildman–Crippen LogP) is 3.29. The van der Waals surface area contributed by atoms with Gasteiger partial charge in [0.15, 0.2) is 5.78 Å². The van der Waals surface area contributed by atoms with Gasteiger partial charge in [-0.1, -0.05) is 39.2 Å². The molecule has 0 bridgehead atoms. The second kappa shape index (κ2) is 7.99. The van der Waals surface area contributed by atoms with Gasteiger partial charge in [-0.15, -0.1) is 0 Å². The molecule has 0 saturated carbocycles. The van der Waals surface area contributed by atoms with Crippen molar-refractivity contribution in [3.05, 3.63) is 36.5 Å². The summed E-state index contributed by atoms with van der Waals surface area (Å²) in [4.78, 5) is 10.8. The Bertz CT molecular complexity index is 181. The van der Waals surface area contributed by atoms with Crippen LogP contribution in [0, 0.1) is 0 Å². The van der Waals surface area contributed by atoms with E-state index in [4.69, 9.17) is 0 Å². The third-order valence-electron chi connectivity index (χ3n) is 1.12. The van der Waals surface area contributed by atoms with Crippen LogP contribution in [0.4, 0.5) is 0 Å². The van der Waals surface area contributed by atoms with Crippen LogP contribution in [-0.4, -0.2) is 5.78 Å². The van der Waals surface area contributed by atoms with Crippen molar-refractivity contribution < 1.29 is 4.79 Å². The topological polar surface area (TPSA) is 17.1 Å². The monoisotopic (exact) mass is 166 g/mol. The molecule has 1 nitrogen and oxygen atoms in total. The number of hydrogen-bond donors (Lipinski definition) is 0. The zero-order valence-corrected chi connectivity index (χ0v) is 8.48. The summed E-state index contributed by atoms with van der Waals surface area (Å²) in [7, 11) is 0. The van der Waals surface area contributed by atoms with Gasteiger partial charge in [-0.05, 0) is 19.4 Å². The van der Waals surface area contributed by atoms with E-state index in [9.17, 15) is 4.79 Å². The molecule has 1 heteroatoms. The van der Waals surface area contributed by atoms with Crippen molar-refractivity contribution in [2.24, 2.45) is 0 Å². The Morgan fingerprint density at radius 3 is 1.75 bits per heavy atom. The molecule has 0 amide bonds. The smallest absolute Gasteiger partial charge is 0.160 e. The third kappa shape index (κ3) is 5.66. The van der Waals surface area contributed by atoms with E-state index in [0.29, 0.717) is 5.57 Å². The van der Waals surface area contributed by atoms with Crippen molar-refractivity contribution in [2.45, 2.75) is 27.7 Å². The molecule has 68 valence electrons. The Morgan fingerprint density at radius 2 is 1.67 bits per heavy atom. The maximum atomic E-state index is 10.8. The summed E-state index contributed by atoms with van der Waals surface area (Å²) in [5.41, 5.74) is 1.43. The molecule has 12 heavy (non-hydrogen) atoms. The summed E-state index contributed by atoms with van der Waals surface area (Å²) in [6.45, 7) is 14.5. The van der Waals surface area contributed by atoms with Gasteiger partial charge in [-0.3, -0.25) is 4.79 Å². The van der Waals surface area contributed by atoms with Crippen LogP contribution >= 0.6 is 0 Å². The van der Waals surface area contributed by atoms with Gasteiger partial charge in [0.2, 0.25) is 0 Å². The minimum absolute atomic E-state index is 0.0346. The number of Topliss-reactive ketones (excluding diaryl/α,β-unsaturated/α-hetero) is 1. The van der Waals surface area contributed by atoms with Gasteiger partial charge < -0.3 is 0 Å². The molecule has 0 atom stereocenters. The van der Waals surface area contributed by atoms with E-state index in [1.165, 1.54) is 6.92 Å². The molecular weight excluding hydrogens is 148 g/mol. The standard InChI is InChI=1S/C9H12O.C2H6/c1-5-6-9(7(2)3)8(4)10;1-2/h5-6H,1-2H2,3-4H3;1-2H3/b9-6+;. The lowest BCUT2D eigenvalue weighted by Gasteiger charge is -1.98. The van der Waals surface area contributed by atoms with E-state index in [0.717, 1.165) is 5.57 Å². The van der Waals surface area contributed by atoms with Gasteiger partial charge in [-0.2, -0.15) is 0 Å². The summed E-state index contributed by atoms with van der Waals surface area (Å²) in [5, 5.41) is 0. The molecule has 0 aromatic rings. The molecule has 0 aromatic carbocycles. The first-order chi connectivity index (χ1) is 5.59. The number of carbonyl (C=O) groups excluding carboxylic acids is 1. The molecule has 0 unspecified atom stereocenters. The largest absolute Gasteiger partial charge is 0.295 e. The SMILES string of the molecule is C=C/C=C(\C(=C)C)C(C)=O.CC. The van der Waals surface area contributed by atoms with Gasteiger partial charge in [0, 0.05) is 5.57 Å². The fraction of sp³-hybridized carbons (Fsp3) is 0.364. The quantitative estimate of drug-likeness (QED) is 0.464. The Hall–Kier alpha value is -1.11. The molecule has 0 spiro atoms. The van der Waals surface area contributed by atoms with E-state index < -0.39 is 0 Å². The van der Waals surface area contributed by atoms with Crippen LogP contribution in [0.3, 0.4) is 0 Å². The normalized spacial score (nSPS) is 9.50. The molecule has 0 fully saturated rings. The fourth-order valence-electron chi connectivity index (χ4n) is 0.678. The highest BCUT2D eigenvalue weighted by atomic mass is 16.1. The number of ketones is 1. The van der Waals surface area contributed by atoms with Crippen molar-refractivity contribution in [2.75, 3.05) is 0 Å². The van der Waals surface area contributed by atoms with Gasteiger partial charge in [0.25, 0.3) is 0 Å². The Balaban J connectivity index is 0. The lowest BCUT2D eigenvalue weighted by atomic mass is 10.1. The minimum Gasteiger partial charge on any atom is -0.295 e. The van der Waals surface area contributed by atoms with Gasteiger partial charge in [0.1, 0.15) is 0 Å². The van der Waals surface area contributed by atoms with E-state index in [1.54, 1.807) is 19.1 Å². The predicted molar refractivity (Wildman–Crippen MR) is 55.1 cm³/mol. The van der Waals surface area contributed by atoms with Crippen molar-refractivity contribution in [3.8, 4) is 0 Å². The second-order valence-corrected chi connectivity index (χ2v) is 2.15. The number of carbonyl (C=O) groups is 1. The number of rotatable bonds is 3. The first kappa shape index (κ1) is 13.5. The van der Waals surface area contributed by atoms with Crippen LogP contribution in [0.1, 0.15) is 27.7 Å². The first-order valence-corrected chi connectivity index (χ1v) is 4.09. The van der Waals surface area contributed by atoms with Crippen LogP contribution in [0.15, 0.2) is 36.5 Å². The molecule has 0 radical (unpaired) electrons. The molecule has 0 aromatic heterocycles.